The van der Waals surface area contributed by atoms with Crippen LogP contribution in [0.3, 0.4) is 0 Å². The number of rotatable bonds is 3. The van der Waals surface area contributed by atoms with Gasteiger partial charge in [-0.25, -0.2) is 4.39 Å². The standard InChI is InChI=1S/C12H14FNO2/c1-11(14,10(15)16)12(5-6-12)8-3-2-4-9(13)7-8/h2-4,7H,5-6,14H2,1H3,(H,15,16). The van der Waals surface area contributed by atoms with Crippen LogP contribution in [0.15, 0.2) is 24.3 Å². The first-order valence-electron chi connectivity index (χ1n) is 5.18. The van der Waals surface area contributed by atoms with Gasteiger partial charge in [0.25, 0.3) is 0 Å². The summed E-state index contributed by atoms with van der Waals surface area (Å²) in [6, 6.07) is 6.04. The first-order valence-corrected chi connectivity index (χ1v) is 5.18. The van der Waals surface area contributed by atoms with Gasteiger partial charge in [0, 0.05) is 5.41 Å². The van der Waals surface area contributed by atoms with Gasteiger partial charge in [-0.1, -0.05) is 12.1 Å². The molecule has 0 bridgehead atoms. The summed E-state index contributed by atoms with van der Waals surface area (Å²) in [6.45, 7) is 1.49. The molecule has 3 N–H and O–H groups in total. The quantitative estimate of drug-likeness (QED) is 0.819. The van der Waals surface area contributed by atoms with Crippen LogP contribution in [-0.4, -0.2) is 16.6 Å². The monoisotopic (exact) mass is 223 g/mol. The van der Waals surface area contributed by atoms with Crippen LogP contribution < -0.4 is 5.73 Å². The molecule has 0 aliphatic heterocycles. The third kappa shape index (κ3) is 1.41. The van der Waals surface area contributed by atoms with Crippen molar-refractivity contribution in [1.82, 2.24) is 0 Å². The Bertz CT molecular complexity index is 438. The van der Waals surface area contributed by atoms with E-state index < -0.39 is 16.9 Å². The molecule has 1 saturated carbocycles. The second kappa shape index (κ2) is 3.28. The highest BCUT2D eigenvalue weighted by Gasteiger charge is 2.60. The Labute approximate surface area is 93.1 Å². The zero-order valence-electron chi connectivity index (χ0n) is 9.03. The molecule has 2 rings (SSSR count). The summed E-state index contributed by atoms with van der Waals surface area (Å²) in [5, 5.41) is 9.13. The van der Waals surface area contributed by atoms with Crippen molar-refractivity contribution in [3.63, 3.8) is 0 Å². The van der Waals surface area contributed by atoms with Gasteiger partial charge in [-0.05, 0) is 37.5 Å². The number of carboxylic acids is 1. The highest BCUT2D eigenvalue weighted by atomic mass is 19.1. The number of hydrogen-bond donors (Lipinski definition) is 2. The number of carbonyl (C=O) groups is 1. The predicted molar refractivity (Wildman–Crippen MR) is 57.5 cm³/mol. The van der Waals surface area contributed by atoms with Gasteiger partial charge in [0.1, 0.15) is 11.4 Å². The Kier molecular flexibility index (Phi) is 2.27. The lowest BCUT2D eigenvalue weighted by Gasteiger charge is -2.30. The van der Waals surface area contributed by atoms with Crippen LogP contribution in [0, 0.1) is 5.82 Å². The minimum absolute atomic E-state index is 0.357. The van der Waals surface area contributed by atoms with Gasteiger partial charge in [-0.3, -0.25) is 4.79 Å². The summed E-state index contributed by atoms with van der Waals surface area (Å²) >= 11 is 0. The molecule has 1 atom stereocenters. The minimum atomic E-state index is -1.35. The molecule has 0 aromatic heterocycles. The van der Waals surface area contributed by atoms with Crippen molar-refractivity contribution in [3.8, 4) is 0 Å². The maximum atomic E-state index is 13.1. The van der Waals surface area contributed by atoms with Gasteiger partial charge in [0.15, 0.2) is 0 Å². The van der Waals surface area contributed by atoms with Crippen molar-refractivity contribution < 1.29 is 14.3 Å². The minimum Gasteiger partial charge on any atom is -0.480 e. The van der Waals surface area contributed by atoms with Crippen LogP contribution in [0.2, 0.25) is 0 Å². The molecule has 1 aromatic carbocycles. The van der Waals surface area contributed by atoms with Crippen LogP contribution in [0.4, 0.5) is 4.39 Å². The van der Waals surface area contributed by atoms with E-state index in [0.29, 0.717) is 18.4 Å². The first-order chi connectivity index (χ1) is 7.40. The Morgan fingerprint density at radius 2 is 2.19 bits per heavy atom. The summed E-state index contributed by atoms with van der Waals surface area (Å²) in [7, 11) is 0. The van der Waals surface area contributed by atoms with Gasteiger partial charge in [-0.15, -0.1) is 0 Å². The lowest BCUT2D eigenvalue weighted by atomic mass is 9.78. The van der Waals surface area contributed by atoms with E-state index in [-0.39, 0.29) is 5.82 Å². The molecule has 1 aliphatic carbocycles. The van der Waals surface area contributed by atoms with E-state index >= 15 is 0 Å². The molecule has 1 aromatic rings. The van der Waals surface area contributed by atoms with Gasteiger partial charge in [0.2, 0.25) is 0 Å². The average molecular weight is 223 g/mol. The fourth-order valence-electron chi connectivity index (χ4n) is 2.22. The van der Waals surface area contributed by atoms with E-state index in [2.05, 4.69) is 0 Å². The van der Waals surface area contributed by atoms with Crippen molar-refractivity contribution in [2.24, 2.45) is 5.73 Å². The molecule has 0 spiro atoms. The van der Waals surface area contributed by atoms with E-state index in [1.165, 1.54) is 19.1 Å². The molecular formula is C12H14FNO2. The summed E-state index contributed by atoms with van der Waals surface area (Å²) < 4.78 is 13.1. The van der Waals surface area contributed by atoms with Crippen molar-refractivity contribution in [3.05, 3.63) is 35.6 Å². The van der Waals surface area contributed by atoms with E-state index in [4.69, 9.17) is 10.8 Å². The third-order valence-electron chi connectivity index (χ3n) is 3.57. The Balaban J connectivity index is 2.44. The second-order valence-corrected chi connectivity index (χ2v) is 4.60. The number of benzene rings is 1. The highest BCUT2D eigenvalue weighted by Crippen LogP contribution is 2.54. The molecule has 4 heteroatoms. The molecule has 0 amide bonds. The largest absolute Gasteiger partial charge is 0.480 e. The van der Waals surface area contributed by atoms with Crippen molar-refractivity contribution in [1.29, 1.82) is 0 Å². The Morgan fingerprint density at radius 3 is 2.62 bits per heavy atom. The molecule has 1 fully saturated rings. The number of carboxylic acid groups (broad SMARTS) is 1. The molecule has 3 nitrogen and oxygen atoms in total. The van der Waals surface area contributed by atoms with Crippen molar-refractivity contribution in [2.45, 2.75) is 30.7 Å². The normalized spacial score (nSPS) is 21.2. The maximum absolute atomic E-state index is 13.1. The molecule has 0 heterocycles. The van der Waals surface area contributed by atoms with Crippen LogP contribution in [-0.2, 0) is 10.2 Å². The average Bonchev–Trinajstić information content (AvgIpc) is 2.98. The van der Waals surface area contributed by atoms with Gasteiger partial charge in [0.05, 0.1) is 0 Å². The van der Waals surface area contributed by atoms with Crippen LogP contribution >= 0.6 is 0 Å². The smallest absolute Gasteiger partial charge is 0.324 e. The summed E-state index contributed by atoms with van der Waals surface area (Å²) in [4.78, 5) is 11.1. The van der Waals surface area contributed by atoms with Crippen molar-refractivity contribution >= 4 is 5.97 Å². The van der Waals surface area contributed by atoms with E-state index in [9.17, 15) is 9.18 Å². The van der Waals surface area contributed by atoms with Crippen molar-refractivity contribution in [2.75, 3.05) is 0 Å². The highest BCUT2D eigenvalue weighted by molar-refractivity contribution is 5.81. The van der Waals surface area contributed by atoms with Gasteiger partial charge in [-0.2, -0.15) is 0 Å². The molecule has 86 valence electrons. The Hall–Kier alpha value is -1.42. The lowest BCUT2D eigenvalue weighted by Crippen LogP contribution is -2.55. The van der Waals surface area contributed by atoms with Crippen LogP contribution in [0.25, 0.3) is 0 Å². The van der Waals surface area contributed by atoms with Crippen LogP contribution in [0.1, 0.15) is 25.3 Å². The number of nitrogens with two attached hydrogens (primary N) is 1. The summed E-state index contributed by atoms with van der Waals surface area (Å²) in [6.07, 6.45) is 1.38. The van der Waals surface area contributed by atoms with E-state index in [0.717, 1.165) is 0 Å². The molecule has 0 saturated heterocycles. The fourth-order valence-corrected chi connectivity index (χ4v) is 2.22. The fraction of sp³-hybridized carbons (Fsp3) is 0.417. The topological polar surface area (TPSA) is 63.3 Å². The Morgan fingerprint density at radius 1 is 1.56 bits per heavy atom. The SMILES string of the molecule is CC(N)(C(=O)O)C1(c2cccc(F)c2)CC1. The van der Waals surface area contributed by atoms with Crippen LogP contribution in [0.5, 0.6) is 0 Å². The van der Waals surface area contributed by atoms with Gasteiger partial charge >= 0.3 is 5.97 Å². The molecule has 16 heavy (non-hydrogen) atoms. The zero-order valence-corrected chi connectivity index (χ0v) is 9.03. The van der Waals surface area contributed by atoms with E-state index in [1.54, 1.807) is 12.1 Å². The number of aliphatic carboxylic acids is 1. The van der Waals surface area contributed by atoms with Gasteiger partial charge < -0.3 is 10.8 Å². The number of halogens is 1. The maximum Gasteiger partial charge on any atom is 0.324 e. The lowest BCUT2D eigenvalue weighted by molar-refractivity contribution is -0.144. The molecular weight excluding hydrogens is 209 g/mol. The third-order valence-corrected chi connectivity index (χ3v) is 3.57. The molecule has 0 radical (unpaired) electrons. The first kappa shape index (κ1) is 11.1. The molecule has 1 unspecified atom stereocenters. The predicted octanol–water partition coefficient (Wildman–Crippen LogP) is 1.66. The second-order valence-electron chi connectivity index (χ2n) is 4.60. The summed E-state index contributed by atoms with van der Waals surface area (Å²) in [5.74, 6) is -1.40. The van der Waals surface area contributed by atoms with E-state index in [1.807, 2.05) is 0 Å². The number of hydrogen-bond acceptors (Lipinski definition) is 2. The molecule has 1 aliphatic rings. The summed E-state index contributed by atoms with van der Waals surface area (Å²) in [5.41, 5.74) is 4.58. The zero-order chi connectivity index (χ0) is 12.0.